The van der Waals surface area contributed by atoms with E-state index in [-0.39, 0.29) is 5.91 Å². The molecule has 0 saturated heterocycles. The minimum Gasteiger partial charge on any atom is -0.493 e. The summed E-state index contributed by atoms with van der Waals surface area (Å²) in [6, 6.07) is 13.1. The SMILES string of the molecule is COc1ccc(CCNC(=O)[C@H](C)Oc2ccc(Br)cc2)cc1OC. The molecule has 1 atom stereocenters. The summed E-state index contributed by atoms with van der Waals surface area (Å²) < 4.78 is 17.1. The fourth-order valence-corrected chi connectivity index (χ4v) is 2.55. The number of carbonyl (C=O) groups excluding carboxylic acids is 1. The first-order valence-electron chi connectivity index (χ1n) is 7.94. The zero-order valence-electron chi connectivity index (χ0n) is 14.5. The van der Waals surface area contributed by atoms with Crippen LogP contribution in [0.3, 0.4) is 0 Å². The van der Waals surface area contributed by atoms with Crippen LogP contribution in [0.25, 0.3) is 0 Å². The highest BCUT2D eigenvalue weighted by Gasteiger charge is 2.14. The fourth-order valence-electron chi connectivity index (χ4n) is 2.28. The Labute approximate surface area is 156 Å². The van der Waals surface area contributed by atoms with Gasteiger partial charge < -0.3 is 19.5 Å². The molecule has 25 heavy (non-hydrogen) atoms. The third kappa shape index (κ3) is 5.67. The first kappa shape index (κ1) is 19.1. The Morgan fingerprint density at radius 1 is 1.08 bits per heavy atom. The molecule has 5 nitrogen and oxygen atoms in total. The van der Waals surface area contributed by atoms with E-state index in [9.17, 15) is 4.79 Å². The van der Waals surface area contributed by atoms with Gasteiger partial charge in [-0.2, -0.15) is 0 Å². The Morgan fingerprint density at radius 2 is 1.76 bits per heavy atom. The van der Waals surface area contributed by atoms with E-state index in [4.69, 9.17) is 14.2 Å². The second-order valence-electron chi connectivity index (χ2n) is 5.44. The number of methoxy groups -OCH3 is 2. The number of hydrogen-bond acceptors (Lipinski definition) is 4. The molecule has 2 aromatic rings. The Hall–Kier alpha value is -2.21. The Kier molecular flexibility index (Phi) is 7.13. The molecule has 0 heterocycles. The number of benzene rings is 2. The van der Waals surface area contributed by atoms with Crippen LogP contribution >= 0.6 is 15.9 Å². The normalized spacial score (nSPS) is 11.5. The van der Waals surface area contributed by atoms with Crippen molar-refractivity contribution >= 4 is 21.8 Å². The quantitative estimate of drug-likeness (QED) is 0.726. The van der Waals surface area contributed by atoms with Crippen LogP contribution in [0.5, 0.6) is 17.2 Å². The van der Waals surface area contributed by atoms with E-state index in [1.54, 1.807) is 21.1 Å². The van der Waals surface area contributed by atoms with Gasteiger partial charge in [0.05, 0.1) is 14.2 Å². The lowest BCUT2D eigenvalue weighted by Gasteiger charge is -2.15. The van der Waals surface area contributed by atoms with E-state index in [2.05, 4.69) is 21.2 Å². The summed E-state index contributed by atoms with van der Waals surface area (Å²) >= 11 is 3.36. The molecular formula is C19H22BrNO4. The molecular weight excluding hydrogens is 386 g/mol. The Morgan fingerprint density at radius 3 is 2.40 bits per heavy atom. The van der Waals surface area contributed by atoms with Crippen molar-refractivity contribution in [3.8, 4) is 17.2 Å². The average molecular weight is 408 g/mol. The second-order valence-corrected chi connectivity index (χ2v) is 6.36. The van der Waals surface area contributed by atoms with Crippen molar-refractivity contribution in [2.45, 2.75) is 19.4 Å². The summed E-state index contributed by atoms with van der Waals surface area (Å²) in [5.74, 6) is 1.87. The van der Waals surface area contributed by atoms with Crippen LogP contribution in [0.2, 0.25) is 0 Å². The summed E-state index contributed by atoms with van der Waals surface area (Å²) in [6.07, 6.45) is 0.128. The topological polar surface area (TPSA) is 56.8 Å². The highest BCUT2D eigenvalue weighted by Crippen LogP contribution is 2.27. The monoisotopic (exact) mass is 407 g/mol. The lowest BCUT2D eigenvalue weighted by Crippen LogP contribution is -2.37. The van der Waals surface area contributed by atoms with E-state index < -0.39 is 6.10 Å². The van der Waals surface area contributed by atoms with Gasteiger partial charge in [0.25, 0.3) is 5.91 Å². The minimum atomic E-state index is -0.563. The molecule has 0 radical (unpaired) electrons. The zero-order valence-corrected chi connectivity index (χ0v) is 16.1. The molecule has 0 saturated carbocycles. The van der Waals surface area contributed by atoms with Gasteiger partial charge in [0.1, 0.15) is 5.75 Å². The van der Waals surface area contributed by atoms with E-state index in [1.807, 2.05) is 42.5 Å². The molecule has 0 spiro atoms. The van der Waals surface area contributed by atoms with E-state index in [0.29, 0.717) is 30.2 Å². The molecule has 1 amide bonds. The van der Waals surface area contributed by atoms with Gasteiger partial charge in [-0.1, -0.05) is 22.0 Å². The molecule has 0 aliphatic carbocycles. The van der Waals surface area contributed by atoms with Gasteiger partial charge in [-0.05, 0) is 55.3 Å². The predicted octanol–water partition coefficient (Wildman–Crippen LogP) is 3.59. The third-order valence-corrected chi connectivity index (χ3v) is 4.19. The summed E-state index contributed by atoms with van der Waals surface area (Å²) in [6.45, 7) is 2.25. The lowest BCUT2D eigenvalue weighted by molar-refractivity contribution is -0.127. The average Bonchev–Trinajstić information content (AvgIpc) is 2.63. The molecule has 0 bridgehead atoms. The lowest BCUT2D eigenvalue weighted by atomic mass is 10.1. The summed E-state index contributed by atoms with van der Waals surface area (Å²) in [5.41, 5.74) is 1.06. The van der Waals surface area contributed by atoms with Gasteiger partial charge in [-0.15, -0.1) is 0 Å². The third-order valence-electron chi connectivity index (χ3n) is 3.66. The maximum Gasteiger partial charge on any atom is 0.260 e. The standard InChI is InChI=1S/C19H22BrNO4/c1-13(25-16-7-5-15(20)6-8-16)19(22)21-11-10-14-4-9-17(23-2)18(12-14)24-3/h4-9,12-13H,10-11H2,1-3H3,(H,21,22)/t13-/m0/s1. The van der Waals surface area contributed by atoms with Gasteiger partial charge in [-0.25, -0.2) is 0 Å². The summed E-state index contributed by atoms with van der Waals surface area (Å²) in [7, 11) is 3.20. The van der Waals surface area contributed by atoms with E-state index in [1.165, 1.54) is 0 Å². The highest BCUT2D eigenvalue weighted by atomic mass is 79.9. The molecule has 0 aliphatic rings. The van der Waals surface area contributed by atoms with Crippen LogP contribution in [-0.4, -0.2) is 32.8 Å². The van der Waals surface area contributed by atoms with Crippen LogP contribution in [0.15, 0.2) is 46.9 Å². The summed E-state index contributed by atoms with van der Waals surface area (Å²) in [5, 5.41) is 2.88. The molecule has 0 fully saturated rings. The smallest absolute Gasteiger partial charge is 0.260 e. The van der Waals surface area contributed by atoms with Gasteiger partial charge in [0.15, 0.2) is 17.6 Å². The fraction of sp³-hybridized carbons (Fsp3) is 0.316. The number of nitrogens with one attached hydrogen (secondary N) is 1. The Bertz CT molecular complexity index is 703. The molecule has 6 heteroatoms. The zero-order chi connectivity index (χ0) is 18.2. The first-order chi connectivity index (χ1) is 12.0. The maximum atomic E-state index is 12.1. The van der Waals surface area contributed by atoms with Crippen molar-refractivity contribution in [3.05, 3.63) is 52.5 Å². The van der Waals surface area contributed by atoms with Crippen molar-refractivity contribution in [2.75, 3.05) is 20.8 Å². The number of ether oxygens (including phenoxy) is 3. The molecule has 0 aliphatic heterocycles. The van der Waals surface area contributed by atoms with E-state index >= 15 is 0 Å². The predicted molar refractivity (Wildman–Crippen MR) is 100 cm³/mol. The largest absolute Gasteiger partial charge is 0.493 e. The van der Waals surface area contributed by atoms with Crippen LogP contribution in [-0.2, 0) is 11.2 Å². The number of halogens is 1. The van der Waals surface area contributed by atoms with Crippen LogP contribution < -0.4 is 19.5 Å². The van der Waals surface area contributed by atoms with Crippen molar-refractivity contribution in [1.29, 1.82) is 0 Å². The molecule has 1 N–H and O–H groups in total. The van der Waals surface area contributed by atoms with E-state index in [0.717, 1.165) is 10.0 Å². The molecule has 2 aromatic carbocycles. The number of hydrogen-bond donors (Lipinski definition) is 1. The number of rotatable bonds is 8. The van der Waals surface area contributed by atoms with Crippen molar-refractivity contribution < 1.29 is 19.0 Å². The van der Waals surface area contributed by atoms with Gasteiger partial charge in [0.2, 0.25) is 0 Å². The first-order valence-corrected chi connectivity index (χ1v) is 8.73. The van der Waals surface area contributed by atoms with Crippen LogP contribution in [0.1, 0.15) is 12.5 Å². The molecule has 0 unspecified atom stereocenters. The molecule has 134 valence electrons. The van der Waals surface area contributed by atoms with Gasteiger partial charge >= 0.3 is 0 Å². The number of carbonyl (C=O) groups is 1. The maximum absolute atomic E-state index is 12.1. The Balaban J connectivity index is 1.82. The summed E-state index contributed by atoms with van der Waals surface area (Å²) in [4.78, 5) is 12.1. The molecule has 2 rings (SSSR count). The highest BCUT2D eigenvalue weighted by molar-refractivity contribution is 9.10. The van der Waals surface area contributed by atoms with Crippen molar-refractivity contribution in [1.82, 2.24) is 5.32 Å². The van der Waals surface area contributed by atoms with Crippen molar-refractivity contribution in [3.63, 3.8) is 0 Å². The van der Waals surface area contributed by atoms with Crippen LogP contribution in [0.4, 0.5) is 0 Å². The van der Waals surface area contributed by atoms with Gasteiger partial charge in [0, 0.05) is 11.0 Å². The van der Waals surface area contributed by atoms with Crippen molar-refractivity contribution in [2.24, 2.45) is 0 Å². The number of amides is 1. The minimum absolute atomic E-state index is 0.150. The second kappa shape index (κ2) is 9.32. The van der Waals surface area contributed by atoms with Gasteiger partial charge in [-0.3, -0.25) is 4.79 Å². The van der Waals surface area contributed by atoms with Crippen LogP contribution in [0, 0.1) is 0 Å². The molecule has 0 aromatic heterocycles.